The number of hydrogen-bond donors (Lipinski definition) is 2. The third-order valence-electron chi connectivity index (χ3n) is 5.41. The molecule has 4 rings (SSSR count). The van der Waals surface area contributed by atoms with Crippen LogP contribution in [0.2, 0.25) is 0 Å². The second-order valence-corrected chi connectivity index (χ2v) is 8.19. The molecule has 4 aromatic rings. The van der Waals surface area contributed by atoms with Crippen molar-refractivity contribution < 1.29 is 9.47 Å². The molecule has 0 saturated heterocycles. The Kier molecular flexibility index (Phi) is 7.44. The Morgan fingerprint density at radius 1 is 0.971 bits per heavy atom. The van der Waals surface area contributed by atoms with Crippen LogP contribution in [0.1, 0.15) is 18.1 Å². The van der Waals surface area contributed by atoms with Crippen LogP contribution in [-0.2, 0) is 13.1 Å². The van der Waals surface area contributed by atoms with Crippen molar-refractivity contribution in [3.8, 4) is 11.5 Å². The number of aromatic nitrogens is 1. The van der Waals surface area contributed by atoms with Gasteiger partial charge in [-0.2, -0.15) is 0 Å². The fourth-order valence-electron chi connectivity index (χ4n) is 3.69. The molecule has 1 heterocycles. The number of H-pyrrole nitrogens is 1. The van der Waals surface area contributed by atoms with E-state index in [0.717, 1.165) is 33.7 Å². The number of nitrogens with zero attached hydrogens (tertiary/aromatic N) is 1. The monoisotopic (exact) mass is 473 g/mol. The van der Waals surface area contributed by atoms with Gasteiger partial charge in [-0.1, -0.05) is 30.3 Å². The standard InChI is InChI=1S/C27H27N3O3S/c1-3-33-24-13-14-25-20(16-24)15-21(26(31)29-25)18-30(17-19-7-5-4-6-8-19)27(34)28-22-9-11-23(32-2)12-10-22/h4-16H,3,17-18H2,1-2H3,(H,28,34)(H,29,31). The Morgan fingerprint density at radius 2 is 1.71 bits per heavy atom. The zero-order valence-electron chi connectivity index (χ0n) is 19.2. The first-order valence-electron chi connectivity index (χ1n) is 11.1. The van der Waals surface area contributed by atoms with Crippen LogP contribution in [0, 0.1) is 0 Å². The van der Waals surface area contributed by atoms with Crippen LogP contribution in [0.25, 0.3) is 10.9 Å². The zero-order valence-corrected chi connectivity index (χ0v) is 20.0. The number of hydrogen-bond acceptors (Lipinski definition) is 4. The van der Waals surface area contributed by atoms with E-state index < -0.39 is 0 Å². The van der Waals surface area contributed by atoms with E-state index in [1.54, 1.807) is 7.11 Å². The van der Waals surface area contributed by atoms with Crippen LogP contribution >= 0.6 is 12.2 Å². The van der Waals surface area contributed by atoms with Gasteiger partial charge >= 0.3 is 0 Å². The van der Waals surface area contributed by atoms with Gasteiger partial charge in [0.15, 0.2) is 5.11 Å². The summed E-state index contributed by atoms with van der Waals surface area (Å²) < 4.78 is 10.9. The summed E-state index contributed by atoms with van der Waals surface area (Å²) in [6.07, 6.45) is 0. The van der Waals surface area contributed by atoms with E-state index in [0.29, 0.717) is 30.4 Å². The maximum atomic E-state index is 12.9. The average Bonchev–Trinajstić information content (AvgIpc) is 2.85. The Labute approximate surface area is 204 Å². The maximum Gasteiger partial charge on any atom is 0.253 e. The molecule has 3 aromatic carbocycles. The van der Waals surface area contributed by atoms with Gasteiger partial charge in [0.05, 0.1) is 20.3 Å². The number of aromatic amines is 1. The second kappa shape index (κ2) is 10.9. The fourth-order valence-corrected chi connectivity index (χ4v) is 3.94. The van der Waals surface area contributed by atoms with Crippen LogP contribution in [0.4, 0.5) is 5.69 Å². The molecule has 0 bridgehead atoms. The summed E-state index contributed by atoms with van der Waals surface area (Å²) in [4.78, 5) is 17.9. The number of ether oxygens (including phenoxy) is 2. The van der Waals surface area contributed by atoms with E-state index in [1.807, 2.05) is 90.7 Å². The van der Waals surface area contributed by atoms with Crippen molar-refractivity contribution >= 4 is 33.9 Å². The van der Waals surface area contributed by atoms with Gasteiger partial charge in [-0.05, 0) is 73.2 Å². The van der Waals surface area contributed by atoms with Crippen molar-refractivity contribution in [3.63, 3.8) is 0 Å². The lowest BCUT2D eigenvalue weighted by Gasteiger charge is -2.26. The quantitative estimate of drug-likeness (QED) is 0.337. The highest BCUT2D eigenvalue weighted by Gasteiger charge is 2.15. The SMILES string of the molecule is CCOc1ccc2[nH]c(=O)c(CN(Cc3ccccc3)C(=S)Nc3ccc(OC)cc3)cc2c1. The predicted octanol–water partition coefficient (Wildman–Crippen LogP) is 5.33. The lowest BCUT2D eigenvalue weighted by Crippen LogP contribution is -2.35. The molecule has 0 aliphatic carbocycles. The van der Waals surface area contributed by atoms with Crippen molar-refractivity contribution in [2.24, 2.45) is 0 Å². The first-order valence-corrected chi connectivity index (χ1v) is 11.5. The molecule has 0 radical (unpaired) electrons. The Morgan fingerprint density at radius 3 is 2.41 bits per heavy atom. The number of fused-ring (bicyclic) bond motifs is 1. The Bertz CT molecular complexity index is 1320. The Hall–Kier alpha value is -3.84. The summed E-state index contributed by atoms with van der Waals surface area (Å²) in [5.41, 5.74) is 3.19. The average molecular weight is 474 g/mol. The molecular formula is C27H27N3O3S. The smallest absolute Gasteiger partial charge is 0.253 e. The fraction of sp³-hybridized carbons (Fsp3) is 0.185. The van der Waals surface area contributed by atoms with E-state index >= 15 is 0 Å². The zero-order chi connectivity index (χ0) is 23.9. The largest absolute Gasteiger partial charge is 0.497 e. The van der Waals surface area contributed by atoms with Gasteiger partial charge in [0, 0.05) is 28.7 Å². The molecule has 0 atom stereocenters. The summed E-state index contributed by atoms with van der Waals surface area (Å²) in [6, 6.07) is 25.2. The molecular weight excluding hydrogens is 446 g/mol. The first kappa shape index (κ1) is 23.3. The summed E-state index contributed by atoms with van der Waals surface area (Å²) in [5.74, 6) is 1.54. The van der Waals surface area contributed by atoms with E-state index in [2.05, 4.69) is 10.3 Å². The summed E-state index contributed by atoms with van der Waals surface area (Å²) >= 11 is 5.76. The molecule has 0 saturated carbocycles. The molecule has 2 N–H and O–H groups in total. The molecule has 174 valence electrons. The van der Waals surface area contributed by atoms with Crippen molar-refractivity contribution in [2.75, 3.05) is 19.0 Å². The molecule has 7 heteroatoms. The molecule has 34 heavy (non-hydrogen) atoms. The molecule has 0 unspecified atom stereocenters. The van der Waals surface area contributed by atoms with Crippen LogP contribution in [0.3, 0.4) is 0 Å². The number of methoxy groups -OCH3 is 1. The van der Waals surface area contributed by atoms with Crippen molar-refractivity contribution in [1.29, 1.82) is 0 Å². The van der Waals surface area contributed by atoms with Crippen molar-refractivity contribution in [3.05, 3.63) is 100 Å². The number of nitrogens with one attached hydrogen (secondary N) is 2. The van der Waals surface area contributed by atoms with Gasteiger partial charge in [-0.25, -0.2) is 0 Å². The molecule has 1 aromatic heterocycles. The highest BCUT2D eigenvalue weighted by molar-refractivity contribution is 7.80. The minimum absolute atomic E-state index is 0.137. The highest BCUT2D eigenvalue weighted by atomic mass is 32.1. The van der Waals surface area contributed by atoms with Gasteiger partial charge in [-0.15, -0.1) is 0 Å². The minimum Gasteiger partial charge on any atom is -0.497 e. The number of anilines is 1. The van der Waals surface area contributed by atoms with Crippen molar-refractivity contribution in [2.45, 2.75) is 20.0 Å². The molecule has 0 fully saturated rings. The summed E-state index contributed by atoms with van der Waals surface area (Å²) in [6.45, 7) is 3.43. The van der Waals surface area contributed by atoms with Gasteiger partial charge in [0.2, 0.25) is 0 Å². The molecule has 0 aliphatic heterocycles. The number of thiocarbonyl (C=S) groups is 1. The number of pyridine rings is 1. The highest BCUT2D eigenvalue weighted by Crippen LogP contribution is 2.21. The lowest BCUT2D eigenvalue weighted by molar-refractivity contribution is 0.340. The summed E-state index contributed by atoms with van der Waals surface area (Å²) in [5, 5.41) is 4.72. The molecule has 0 amide bonds. The predicted molar refractivity (Wildman–Crippen MR) is 141 cm³/mol. The van der Waals surface area contributed by atoms with Gasteiger partial charge in [-0.3, -0.25) is 4.79 Å². The van der Waals surface area contributed by atoms with Crippen LogP contribution in [0.5, 0.6) is 11.5 Å². The van der Waals surface area contributed by atoms with Gasteiger partial charge in [0.1, 0.15) is 11.5 Å². The van der Waals surface area contributed by atoms with E-state index in [4.69, 9.17) is 21.7 Å². The molecule has 0 aliphatic rings. The van der Waals surface area contributed by atoms with Gasteiger partial charge < -0.3 is 24.7 Å². The first-order chi connectivity index (χ1) is 16.6. The second-order valence-electron chi connectivity index (χ2n) is 7.81. The van der Waals surface area contributed by atoms with Gasteiger partial charge in [0.25, 0.3) is 5.56 Å². The van der Waals surface area contributed by atoms with E-state index in [1.165, 1.54) is 0 Å². The topological polar surface area (TPSA) is 66.6 Å². The minimum atomic E-state index is -0.137. The number of benzene rings is 3. The van der Waals surface area contributed by atoms with Crippen molar-refractivity contribution in [1.82, 2.24) is 9.88 Å². The summed E-state index contributed by atoms with van der Waals surface area (Å²) in [7, 11) is 1.63. The third-order valence-corrected chi connectivity index (χ3v) is 5.77. The van der Waals surface area contributed by atoms with E-state index in [9.17, 15) is 4.79 Å². The number of rotatable bonds is 8. The van der Waals surface area contributed by atoms with Crippen LogP contribution < -0.4 is 20.3 Å². The van der Waals surface area contributed by atoms with Crippen LogP contribution in [0.15, 0.2) is 83.7 Å². The molecule has 0 spiro atoms. The van der Waals surface area contributed by atoms with E-state index in [-0.39, 0.29) is 5.56 Å². The maximum absolute atomic E-state index is 12.9. The lowest BCUT2D eigenvalue weighted by atomic mass is 10.1. The third kappa shape index (κ3) is 5.74. The molecule has 6 nitrogen and oxygen atoms in total. The van der Waals surface area contributed by atoms with Crippen LogP contribution in [-0.4, -0.2) is 28.7 Å². The normalized spacial score (nSPS) is 10.6. The Balaban J connectivity index is 1.62.